The summed E-state index contributed by atoms with van der Waals surface area (Å²) >= 11 is 0. The van der Waals surface area contributed by atoms with E-state index in [1.807, 2.05) is 24.3 Å². The molecule has 25 heavy (non-hydrogen) atoms. The molecule has 2 saturated heterocycles. The lowest BCUT2D eigenvalue weighted by atomic mass is 9.86. The van der Waals surface area contributed by atoms with Crippen molar-refractivity contribution < 1.29 is 9.53 Å². The number of nitrogens with zero attached hydrogens (tertiary/aromatic N) is 1. The van der Waals surface area contributed by atoms with E-state index in [0.29, 0.717) is 24.0 Å². The van der Waals surface area contributed by atoms with E-state index in [0.717, 1.165) is 37.1 Å². The Balaban J connectivity index is 1.79. The SMILES string of the molecule is CCC(C(=O)N1CCCC1C1C(C)NNC1C)c1ccc(OC)cc1. The Morgan fingerprint density at radius 2 is 1.88 bits per heavy atom. The lowest BCUT2D eigenvalue weighted by Crippen LogP contribution is -2.47. The van der Waals surface area contributed by atoms with Crippen LogP contribution in [0.25, 0.3) is 0 Å². The van der Waals surface area contributed by atoms with Gasteiger partial charge in [0.2, 0.25) is 5.91 Å². The van der Waals surface area contributed by atoms with Crippen LogP contribution in [0.5, 0.6) is 5.75 Å². The zero-order valence-electron chi connectivity index (χ0n) is 15.8. The number of carbonyl (C=O) groups is 1. The molecule has 2 heterocycles. The number of ether oxygens (including phenoxy) is 1. The first kappa shape index (κ1) is 18.2. The molecule has 4 unspecified atom stereocenters. The zero-order valence-corrected chi connectivity index (χ0v) is 15.8. The van der Waals surface area contributed by atoms with Crippen molar-refractivity contribution in [1.82, 2.24) is 15.8 Å². The highest BCUT2D eigenvalue weighted by atomic mass is 16.5. The molecule has 138 valence electrons. The van der Waals surface area contributed by atoms with E-state index < -0.39 is 0 Å². The van der Waals surface area contributed by atoms with Gasteiger partial charge in [-0.3, -0.25) is 15.6 Å². The van der Waals surface area contributed by atoms with Crippen LogP contribution in [0.1, 0.15) is 51.5 Å². The predicted octanol–water partition coefficient (Wildman–Crippen LogP) is 2.68. The van der Waals surface area contributed by atoms with Crippen LogP contribution in [0.4, 0.5) is 0 Å². The summed E-state index contributed by atoms with van der Waals surface area (Å²) in [6.07, 6.45) is 3.03. The number of methoxy groups -OCH3 is 1. The molecule has 4 atom stereocenters. The lowest BCUT2D eigenvalue weighted by Gasteiger charge is -2.35. The summed E-state index contributed by atoms with van der Waals surface area (Å²) in [5.41, 5.74) is 7.77. The van der Waals surface area contributed by atoms with Gasteiger partial charge in [-0.1, -0.05) is 19.1 Å². The molecular weight excluding hydrogens is 314 g/mol. The molecule has 2 N–H and O–H groups in total. The van der Waals surface area contributed by atoms with Crippen LogP contribution < -0.4 is 15.6 Å². The van der Waals surface area contributed by atoms with E-state index in [1.165, 1.54) is 0 Å². The van der Waals surface area contributed by atoms with Crippen LogP contribution in [0.15, 0.2) is 24.3 Å². The third kappa shape index (κ3) is 3.53. The highest BCUT2D eigenvalue weighted by Gasteiger charge is 2.43. The highest BCUT2D eigenvalue weighted by molar-refractivity contribution is 5.84. The van der Waals surface area contributed by atoms with Crippen LogP contribution in [0.2, 0.25) is 0 Å². The molecule has 1 amide bonds. The molecule has 2 aliphatic heterocycles. The molecule has 0 bridgehead atoms. The topological polar surface area (TPSA) is 53.6 Å². The number of rotatable bonds is 5. The summed E-state index contributed by atoms with van der Waals surface area (Å²) < 4.78 is 5.24. The number of likely N-dealkylation sites (tertiary alicyclic amines) is 1. The van der Waals surface area contributed by atoms with Crippen molar-refractivity contribution in [1.29, 1.82) is 0 Å². The second kappa shape index (κ2) is 7.75. The van der Waals surface area contributed by atoms with E-state index >= 15 is 0 Å². The summed E-state index contributed by atoms with van der Waals surface area (Å²) in [5.74, 6) is 1.50. The van der Waals surface area contributed by atoms with Crippen LogP contribution in [-0.2, 0) is 4.79 Å². The number of benzene rings is 1. The van der Waals surface area contributed by atoms with Gasteiger partial charge in [0.25, 0.3) is 0 Å². The molecule has 2 aliphatic rings. The molecule has 0 saturated carbocycles. The standard InChI is InChI=1S/C20H31N3O2/c1-5-17(15-8-10-16(25-4)11-9-15)20(24)23-12-6-7-18(23)19-13(2)21-22-14(19)3/h8-11,13-14,17-19,21-22H,5-7,12H2,1-4H3. The first-order chi connectivity index (χ1) is 12.1. The van der Waals surface area contributed by atoms with Crippen molar-refractivity contribution in [2.75, 3.05) is 13.7 Å². The Morgan fingerprint density at radius 3 is 2.44 bits per heavy atom. The maximum atomic E-state index is 13.4. The first-order valence-electron chi connectivity index (χ1n) is 9.52. The van der Waals surface area contributed by atoms with Gasteiger partial charge in [0.1, 0.15) is 5.75 Å². The molecule has 1 aromatic rings. The normalized spacial score (nSPS) is 30.5. The Morgan fingerprint density at radius 1 is 1.24 bits per heavy atom. The second-order valence-electron chi connectivity index (χ2n) is 7.42. The average Bonchev–Trinajstić information content (AvgIpc) is 3.22. The van der Waals surface area contributed by atoms with Gasteiger partial charge < -0.3 is 9.64 Å². The van der Waals surface area contributed by atoms with Gasteiger partial charge in [0.05, 0.1) is 13.0 Å². The van der Waals surface area contributed by atoms with E-state index in [2.05, 4.69) is 36.5 Å². The van der Waals surface area contributed by atoms with Crippen molar-refractivity contribution in [2.24, 2.45) is 5.92 Å². The molecule has 0 spiro atoms. The van der Waals surface area contributed by atoms with Crippen molar-refractivity contribution >= 4 is 5.91 Å². The summed E-state index contributed by atoms with van der Waals surface area (Å²) in [6, 6.07) is 9.04. The van der Waals surface area contributed by atoms with Crippen LogP contribution in [0, 0.1) is 5.92 Å². The fourth-order valence-corrected chi connectivity index (χ4v) is 4.61. The Labute approximate surface area is 151 Å². The van der Waals surface area contributed by atoms with Gasteiger partial charge in [0, 0.05) is 30.6 Å². The van der Waals surface area contributed by atoms with Crippen LogP contribution in [0.3, 0.4) is 0 Å². The molecule has 2 fully saturated rings. The average molecular weight is 345 g/mol. The van der Waals surface area contributed by atoms with Crippen LogP contribution in [-0.4, -0.2) is 42.6 Å². The molecular formula is C20H31N3O2. The highest BCUT2D eigenvalue weighted by Crippen LogP contribution is 2.34. The molecule has 1 aromatic carbocycles. The number of hydrogen-bond donors (Lipinski definition) is 2. The van der Waals surface area contributed by atoms with Crippen LogP contribution >= 0.6 is 0 Å². The van der Waals surface area contributed by atoms with E-state index in [9.17, 15) is 4.79 Å². The van der Waals surface area contributed by atoms with Gasteiger partial charge in [-0.2, -0.15) is 0 Å². The number of amides is 1. The second-order valence-corrected chi connectivity index (χ2v) is 7.42. The maximum Gasteiger partial charge on any atom is 0.230 e. The largest absolute Gasteiger partial charge is 0.497 e. The fraction of sp³-hybridized carbons (Fsp3) is 0.650. The molecule has 0 aliphatic carbocycles. The van der Waals surface area contributed by atoms with Gasteiger partial charge in [-0.15, -0.1) is 0 Å². The van der Waals surface area contributed by atoms with E-state index in [-0.39, 0.29) is 11.8 Å². The third-order valence-electron chi connectivity index (χ3n) is 5.94. The summed E-state index contributed by atoms with van der Waals surface area (Å²) in [6.45, 7) is 7.40. The molecule has 5 nitrogen and oxygen atoms in total. The van der Waals surface area contributed by atoms with Crippen molar-refractivity contribution in [3.63, 3.8) is 0 Å². The monoisotopic (exact) mass is 345 g/mol. The Bertz CT molecular complexity index is 579. The number of hydrogen-bond acceptors (Lipinski definition) is 4. The minimum absolute atomic E-state index is 0.0700. The van der Waals surface area contributed by atoms with Crippen molar-refractivity contribution in [3.05, 3.63) is 29.8 Å². The van der Waals surface area contributed by atoms with Gasteiger partial charge >= 0.3 is 0 Å². The molecule has 0 aromatic heterocycles. The first-order valence-corrected chi connectivity index (χ1v) is 9.52. The molecule has 3 rings (SSSR count). The molecule has 0 radical (unpaired) electrons. The van der Waals surface area contributed by atoms with Gasteiger partial charge in [-0.05, 0) is 50.8 Å². The minimum atomic E-state index is -0.0700. The lowest BCUT2D eigenvalue weighted by molar-refractivity contribution is -0.134. The van der Waals surface area contributed by atoms with Crippen molar-refractivity contribution in [3.8, 4) is 5.75 Å². The smallest absolute Gasteiger partial charge is 0.230 e. The van der Waals surface area contributed by atoms with Crippen molar-refractivity contribution in [2.45, 2.75) is 64.1 Å². The van der Waals surface area contributed by atoms with E-state index in [4.69, 9.17) is 4.74 Å². The Hall–Kier alpha value is -1.59. The minimum Gasteiger partial charge on any atom is -0.497 e. The zero-order chi connectivity index (χ0) is 18.0. The maximum absolute atomic E-state index is 13.4. The number of hydrazine groups is 1. The number of nitrogens with one attached hydrogen (secondary N) is 2. The predicted molar refractivity (Wildman–Crippen MR) is 99.4 cm³/mol. The summed E-state index contributed by atoms with van der Waals surface area (Å²) in [5, 5.41) is 0. The summed E-state index contributed by atoms with van der Waals surface area (Å²) in [4.78, 5) is 15.5. The summed E-state index contributed by atoms with van der Waals surface area (Å²) in [7, 11) is 1.66. The van der Waals surface area contributed by atoms with E-state index in [1.54, 1.807) is 7.11 Å². The quantitative estimate of drug-likeness (QED) is 0.861. The third-order valence-corrected chi connectivity index (χ3v) is 5.94. The number of carbonyl (C=O) groups excluding carboxylic acids is 1. The Kier molecular flexibility index (Phi) is 5.64. The van der Waals surface area contributed by atoms with Gasteiger partial charge in [-0.25, -0.2) is 0 Å². The molecule has 5 heteroatoms. The fourth-order valence-electron chi connectivity index (χ4n) is 4.61. The van der Waals surface area contributed by atoms with Gasteiger partial charge in [0.15, 0.2) is 0 Å².